The fraction of sp³-hybridized carbons (Fsp3) is 0.250. The molecule has 0 aromatic heterocycles. The van der Waals surface area contributed by atoms with Crippen molar-refractivity contribution in [3.63, 3.8) is 0 Å². The van der Waals surface area contributed by atoms with Gasteiger partial charge in [-0.05, 0) is 55.3 Å². The lowest BCUT2D eigenvalue weighted by Crippen LogP contribution is -2.30. The molecule has 0 saturated heterocycles. The van der Waals surface area contributed by atoms with Crippen LogP contribution in [0.25, 0.3) is 0 Å². The summed E-state index contributed by atoms with van der Waals surface area (Å²) in [6.07, 6.45) is 0.902. The van der Waals surface area contributed by atoms with Crippen molar-refractivity contribution in [2.24, 2.45) is 0 Å². The molecule has 0 radical (unpaired) electrons. The van der Waals surface area contributed by atoms with Crippen LogP contribution < -0.4 is 5.32 Å². The monoisotopic (exact) mass is 297 g/mol. The minimum atomic E-state index is -0.893. The van der Waals surface area contributed by atoms with E-state index in [9.17, 15) is 17.6 Å². The first-order valence-electron chi connectivity index (χ1n) is 6.54. The Morgan fingerprint density at radius 3 is 1.52 bits per heavy atom. The number of hydrogen-bond acceptors (Lipinski definition) is 1. The molecule has 1 nitrogen and oxygen atoms in total. The summed E-state index contributed by atoms with van der Waals surface area (Å²) < 4.78 is 52.1. The van der Waals surface area contributed by atoms with Gasteiger partial charge in [-0.25, -0.2) is 17.6 Å². The SMILES string of the molecule is CNC(Cc1ccc(F)c(F)c1)Cc1ccc(F)c(F)c1. The summed E-state index contributed by atoms with van der Waals surface area (Å²) in [6.45, 7) is 0. The van der Waals surface area contributed by atoms with Crippen molar-refractivity contribution in [1.82, 2.24) is 5.32 Å². The first-order valence-corrected chi connectivity index (χ1v) is 6.54. The normalized spacial score (nSPS) is 11.1. The van der Waals surface area contributed by atoms with E-state index in [0.717, 1.165) is 24.3 Å². The summed E-state index contributed by atoms with van der Waals surface area (Å²) in [5, 5.41) is 3.03. The number of hydrogen-bond donors (Lipinski definition) is 1. The van der Waals surface area contributed by atoms with Crippen molar-refractivity contribution in [2.45, 2.75) is 18.9 Å². The standard InChI is InChI=1S/C16H15F4N/c1-21-12(6-10-2-4-13(17)15(19)8-10)7-11-3-5-14(18)16(20)9-11/h2-5,8-9,12,21H,6-7H2,1H3. The molecule has 2 aromatic carbocycles. The number of rotatable bonds is 5. The Hall–Kier alpha value is -1.88. The Morgan fingerprint density at radius 1 is 0.762 bits per heavy atom. The van der Waals surface area contributed by atoms with Crippen LogP contribution in [0.1, 0.15) is 11.1 Å². The molecule has 0 aliphatic heterocycles. The third-order valence-corrected chi connectivity index (χ3v) is 3.34. The molecular formula is C16H15F4N. The maximum absolute atomic E-state index is 13.2. The highest BCUT2D eigenvalue weighted by Crippen LogP contribution is 2.14. The second-order valence-electron chi connectivity index (χ2n) is 4.89. The van der Waals surface area contributed by atoms with Gasteiger partial charge in [-0.2, -0.15) is 0 Å². The number of halogens is 4. The molecule has 112 valence electrons. The van der Waals surface area contributed by atoms with Crippen LogP contribution in [-0.4, -0.2) is 13.1 Å². The Kier molecular flexibility index (Phi) is 4.96. The van der Waals surface area contributed by atoms with Crippen LogP contribution in [0.15, 0.2) is 36.4 Å². The van der Waals surface area contributed by atoms with Crippen molar-refractivity contribution in [3.05, 3.63) is 70.8 Å². The number of benzene rings is 2. The zero-order valence-corrected chi connectivity index (χ0v) is 11.5. The summed E-state index contributed by atoms with van der Waals surface area (Å²) in [5.41, 5.74) is 1.27. The Labute approximate surface area is 120 Å². The molecule has 0 saturated carbocycles. The molecule has 0 aliphatic rings. The third kappa shape index (κ3) is 4.04. The van der Waals surface area contributed by atoms with Crippen LogP contribution in [-0.2, 0) is 12.8 Å². The van der Waals surface area contributed by atoms with Gasteiger partial charge in [0.2, 0.25) is 0 Å². The zero-order valence-electron chi connectivity index (χ0n) is 11.5. The maximum Gasteiger partial charge on any atom is 0.159 e. The lowest BCUT2D eigenvalue weighted by molar-refractivity contribution is 0.499. The van der Waals surface area contributed by atoms with E-state index in [1.54, 1.807) is 7.05 Å². The molecule has 0 amide bonds. The Balaban J connectivity index is 2.08. The zero-order chi connectivity index (χ0) is 15.4. The Bertz CT molecular complexity index is 574. The molecule has 0 spiro atoms. The topological polar surface area (TPSA) is 12.0 Å². The summed E-state index contributed by atoms with van der Waals surface area (Å²) >= 11 is 0. The highest BCUT2D eigenvalue weighted by Gasteiger charge is 2.12. The third-order valence-electron chi connectivity index (χ3n) is 3.34. The van der Waals surface area contributed by atoms with E-state index in [4.69, 9.17) is 0 Å². The fourth-order valence-corrected chi connectivity index (χ4v) is 2.18. The lowest BCUT2D eigenvalue weighted by Gasteiger charge is -2.16. The predicted molar refractivity (Wildman–Crippen MR) is 73.0 cm³/mol. The smallest absolute Gasteiger partial charge is 0.159 e. The van der Waals surface area contributed by atoms with Crippen LogP contribution in [0.2, 0.25) is 0 Å². The van der Waals surface area contributed by atoms with Gasteiger partial charge in [0.25, 0.3) is 0 Å². The van der Waals surface area contributed by atoms with Gasteiger partial charge in [-0.15, -0.1) is 0 Å². The van der Waals surface area contributed by atoms with Crippen molar-refractivity contribution in [1.29, 1.82) is 0 Å². The summed E-state index contributed by atoms with van der Waals surface area (Å²) in [6, 6.07) is 7.36. The highest BCUT2D eigenvalue weighted by atomic mass is 19.2. The van der Waals surface area contributed by atoms with Gasteiger partial charge in [0, 0.05) is 6.04 Å². The maximum atomic E-state index is 13.2. The minimum Gasteiger partial charge on any atom is -0.316 e. The summed E-state index contributed by atoms with van der Waals surface area (Å²) in [7, 11) is 1.73. The van der Waals surface area contributed by atoms with E-state index in [2.05, 4.69) is 5.32 Å². The van der Waals surface area contributed by atoms with E-state index >= 15 is 0 Å². The van der Waals surface area contributed by atoms with Crippen molar-refractivity contribution < 1.29 is 17.6 Å². The van der Waals surface area contributed by atoms with E-state index in [1.165, 1.54) is 12.1 Å². The largest absolute Gasteiger partial charge is 0.316 e. The van der Waals surface area contributed by atoms with E-state index in [-0.39, 0.29) is 6.04 Å². The van der Waals surface area contributed by atoms with Crippen LogP contribution in [0, 0.1) is 23.3 Å². The fourth-order valence-electron chi connectivity index (χ4n) is 2.18. The first-order chi connectivity index (χ1) is 9.99. The average molecular weight is 297 g/mol. The number of nitrogens with one attached hydrogen (secondary N) is 1. The summed E-state index contributed by atoms with van der Waals surface area (Å²) in [5.74, 6) is -3.56. The van der Waals surface area contributed by atoms with Gasteiger partial charge in [-0.3, -0.25) is 0 Å². The molecule has 0 atom stereocenters. The van der Waals surface area contributed by atoms with Crippen LogP contribution in [0.4, 0.5) is 17.6 Å². The molecule has 0 heterocycles. The van der Waals surface area contributed by atoms with E-state index in [1.807, 2.05) is 0 Å². The molecule has 2 aromatic rings. The van der Waals surface area contributed by atoms with Crippen molar-refractivity contribution >= 4 is 0 Å². The molecular weight excluding hydrogens is 282 g/mol. The van der Waals surface area contributed by atoms with Gasteiger partial charge in [0.1, 0.15) is 0 Å². The predicted octanol–water partition coefficient (Wildman–Crippen LogP) is 3.62. The Morgan fingerprint density at radius 2 is 1.19 bits per heavy atom. The molecule has 0 unspecified atom stereocenters. The average Bonchev–Trinajstić information content (AvgIpc) is 2.46. The van der Waals surface area contributed by atoms with Crippen LogP contribution >= 0.6 is 0 Å². The second-order valence-corrected chi connectivity index (χ2v) is 4.89. The van der Waals surface area contributed by atoms with Crippen molar-refractivity contribution in [3.8, 4) is 0 Å². The molecule has 1 N–H and O–H groups in total. The quantitative estimate of drug-likeness (QED) is 0.831. The molecule has 0 fully saturated rings. The molecule has 0 bridgehead atoms. The van der Waals surface area contributed by atoms with Crippen LogP contribution in [0.3, 0.4) is 0 Å². The second kappa shape index (κ2) is 6.72. The van der Waals surface area contributed by atoms with Gasteiger partial charge in [0.05, 0.1) is 0 Å². The van der Waals surface area contributed by atoms with Crippen LogP contribution in [0.5, 0.6) is 0 Å². The lowest BCUT2D eigenvalue weighted by atomic mass is 9.99. The van der Waals surface area contributed by atoms with E-state index in [0.29, 0.717) is 24.0 Å². The van der Waals surface area contributed by atoms with E-state index < -0.39 is 23.3 Å². The van der Waals surface area contributed by atoms with Gasteiger partial charge < -0.3 is 5.32 Å². The molecule has 0 aliphatic carbocycles. The highest BCUT2D eigenvalue weighted by molar-refractivity contribution is 5.22. The van der Waals surface area contributed by atoms with Gasteiger partial charge >= 0.3 is 0 Å². The molecule has 21 heavy (non-hydrogen) atoms. The number of likely N-dealkylation sites (N-methyl/N-ethyl adjacent to an activating group) is 1. The molecule has 5 heteroatoms. The minimum absolute atomic E-state index is 0.0975. The molecule has 2 rings (SSSR count). The first kappa shape index (κ1) is 15.5. The van der Waals surface area contributed by atoms with Crippen molar-refractivity contribution in [2.75, 3.05) is 7.05 Å². The summed E-state index contributed by atoms with van der Waals surface area (Å²) in [4.78, 5) is 0. The van der Waals surface area contributed by atoms with Gasteiger partial charge in [0.15, 0.2) is 23.3 Å². The van der Waals surface area contributed by atoms with Gasteiger partial charge in [-0.1, -0.05) is 12.1 Å².